The molecule has 0 amide bonds. The monoisotopic (exact) mass is 313 g/mol. The molecule has 0 fully saturated rings. The van der Waals surface area contributed by atoms with Gasteiger partial charge in [-0.2, -0.15) is 4.98 Å². The Morgan fingerprint density at radius 3 is 2.89 bits per heavy atom. The molecule has 0 bridgehead atoms. The largest absolute Gasteiger partial charge is 0.493 e. The third-order valence-corrected chi connectivity index (χ3v) is 2.87. The molecule has 1 heterocycles. The van der Waals surface area contributed by atoms with E-state index in [2.05, 4.69) is 30.6 Å². The van der Waals surface area contributed by atoms with Gasteiger partial charge in [-0.25, -0.2) is 0 Å². The normalized spacial score (nSPS) is 10.4. The van der Waals surface area contributed by atoms with Gasteiger partial charge < -0.3 is 19.7 Å². The van der Waals surface area contributed by atoms with Gasteiger partial charge in [0, 0.05) is 6.54 Å². The number of nitrogens with zero attached hydrogens (tertiary/aromatic N) is 2. The lowest BCUT2D eigenvalue weighted by Gasteiger charge is -2.12. The zero-order valence-electron chi connectivity index (χ0n) is 9.72. The van der Waals surface area contributed by atoms with Crippen LogP contribution < -0.4 is 15.2 Å². The first-order valence-corrected chi connectivity index (χ1v) is 5.98. The van der Waals surface area contributed by atoms with Gasteiger partial charge in [0.15, 0.2) is 18.1 Å². The predicted octanol–water partition coefficient (Wildman–Crippen LogP) is 1.88. The van der Waals surface area contributed by atoms with Crippen molar-refractivity contribution in [3.63, 3.8) is 0 Å². The van der Waals surface area contributed by atoms with E-state index in [9.17, 15) is 0 Å². The molecule has 0 aliphatic rings. The molecule has 1 aromatic heterocycles. The fraction of sp³-hybridized carbons (Fsp3) is 0.273. The average Bonchev–Trinajstić information content (AvgIpc) is 2.89. The lowest BCUT2D eigenvalue weighted by molar-refractivity contribution is 0.268. The van der Waals surface area contributed by atoms with Crippen molar-refractivity contribution in [2.24, 2.45) is 5.73 Å². The summed E-state index contributed by atoms with van der Waals surface area (Å²) in [6, 6.07) is 3.71. The number of ether oxygens (including phenoxy) is 2. The summed E-state index contributed by atoms with van der Waals surface area (Å²) >= 11 is 3.42. The summed E-state index contributed by atoms with van der Waals surface area (Å²) in [6.07, 6.45) is 1.25. The molecule has 0 atom stereocenters. The Morgan fingerprint density at radius 2 is 2.28 bits per heavy atom. The van der Waals surface area contributed by atoms with Crippen LogP contribution in [-0.4, -0.2) is 17.3 Å². The van der Waals surface area contributed by atoms with E-state index in [1.54, 1.807) is 7.11 Å². The Kier molecular flexibility index (Phi) is 4.16. The number of nitrogens with two attached hydrogens (primary N) is 1. The van der Waals surface area contributed by atoms with Gasteiger partial charge in [0.1, 0.15) is 0 Å². The summed E-state index contributed by atoms with van der Waals surface area (Å²) in [5.41, 5.74) is 6.54. The lowest BCUT2D eigenvalue weighted by atomic mass is 10.2. The highest BCUT2D eigenvalue weighted by atomic mass is 79.9. The van der Waals surface area contributed by atoms with Crippen molar-refractivity contribution in [1.29, 1.82) is 0 Å². The maximum atomic E-state index is 5.61. The quantitative estimate of drug-likeness (QED) is 0.907. The van der Waals surface area contributed by atoms with E-state index < -0.39 is 0 Å². The molecule has 2 N–H and O–H groups in total. The molecule has 0 aliphatic carbocycles. The number of methoxy groups -OCH3 is 1. The molecule has 6 nitrogen and oxygen atoms in total. The standard InChI is InChI=1S/C11H12BrN3O3/c1-16-9-3-7(4-13)2-8(12)11(9)17-5-10-14-6-18-15-10/h2-3,6H,4-5,13H2,1H3. The van der Waals surface area contributed by atoms with Crippen LogP contribution in [0.25, 0.3) is 0 Å². The van der Waals surface area contributed by atoms with Crippen molar-refractivity contribution in [2.45, 2.75) is 13.2 Å². The molecule has 18 heavy (non-hydrogen) atoms. The Hall–Kier alpha value is -1.60. The van der Waals surface area contributed by atoms with Crippen molar-refractivity contribution in [1.82, 2.24) is 10.1 Å². The molecule has 1 aromatic carbocycles. The minimum atomic E-state index is 0.202. The second-order valence-corrected chi connectivity index (χ2v) is 4.30. The van der Waals surface area contributed by atoms with E-state index in [1.807, 2.05) is 12.1 Å². The average molecular weight is 314 g/mol. The van der Waals surface area contributed by atoms with Gasteiger partial charge in [0.25, 0.3) is 0 Å². The van der Waals surface area contributed by atoms with Crippen molar-refractivity contribution in [3.8, 4) is 11.5 Å². The van der Waals surface area contributed by atoms with Crippen molar-refractivity contribution in [2.75, 3.05) is 7.11 Å². The minimum Gasteiger partial charge on any atom is -0.493 e. The molecule has 0 radical (unpaired) electrons. The van der Waals surface area contributed by atoms with Crippen LogP contribution in [0.4, 0.5) is 0 Å². The van der Waals surface area contributed by atoms with Crippen LogP contribution in [0.15, 0.2) is 27.5 Å². The Balaban J connectivity index is 2.20. The van der Waals surface area contributed by atoms with Gasteiger partial charge in [0.05, 0.1) is 11.6 Å². The molecular weight excluding hydrogens is 302 g/mol. The summed E-state index contributed by atoms with van der Waals surface area (Å²) in [6.45, 7) is 0.632. The molecule has 2 aromatic rings. The van der Waals surface area contributed by atoms with Crippen LogP contribution in [0.5, 0.6) is 11.5 Å². The molecule has 0 saturated heterocycles. The fourth-order valence-electron chi connectivity index (χ4n) is 1.42. The maximum absolute atomic E-state index is 5.61. The van der Waals surface area contributed by atoms with Crippen molar-refractivity contribution < 1.29 is 14.0 Å². The Morgan fingerprint density at radius 1 is 1.44 bits per heavy atom. The first kappa shape index (κ1) is 12.8. The summed E-state index contributed by atoms with van der Waals surface area (Å²) in [7, 11) is 1.57. The van der Waals surface area contributed by atoms with Gasteiger partial charge in [-0.15, -0.1) is 0 Å². The summed E-state index contributed by atoms with van der Waals surface area (Å²) < 4.78 is 16.3. The molecule has 0 saturated carbocycles. The molecule has 96 valence electrons. The second-order valence-electron chi connectivity index (χ2n) is 3.45. The first-order valence-electron chi connectivity index (χ1n) is 5.19. The number of aromatic nitrogens is 2. The fourth-order valence-corrected chi connectivity index (χ4v) is 2.03. The van der Waals surface area contributed by atoms with Gasteiger partial charge >= 0.3 is 0 Å². The summed E-state index contributed by atoms with van der Waals surface area (Å²) in [4.78, 5) is 3.87. The summed E-state index contributed by atoms with van der Waals surface area (Å²) in [5, 5.41) is 3.66. The van der Waals surface area contributed by atoms with Crippen LogP contribution in [0.3, 0.4) is 0 Å². The highest BCUT2D eigenvalue weighted by Gasteiger charge is 2.12. The topological polar surface area (TPSA) is 83.4 Å². The van der Waals surface area contributed by atoms with Crippen LogP contribution >= 0.6 is 15.9 Å². The van der Waals surface area contributed by atoms with Crippen LogP contribution in [0.1, 0.15) is 11.4 Å². The number of benzene rings is 1. The van der Waals surface area contributed by atoms with Gasteiger partial charge in [-0.1, -0.05) is 5.16 Å². The molecule has 2 rings (SSSR count). The lowest BCUT2D eigenvalue weighted by Crippen LogP contribution is -2.02. The molecular formula is C11H12BrN3O3. The Labute approximate surface area is 112 Å². The number of halogens is 1. The van der Waals surface area contributed by atoms with E-state index in [-0.39, 0.29) is 6.61 Å². The first-order chi connectivity index (χ1) is 8.74. The van der Waals surface area contributed by atoms with E-state index in [0.29, 0.717) is 23.9 Å². The zero-order valence-corrected chi connectivity index (χ0v) is 11.3. The van der Waals surface area contributed by atoms with E-state index in [4.69, 9.17) is 15.2 Å². The van der Waals surface area contributed by atoms with Gasteiger partial charge in [-0.3, -0.25) is 0 Å². The molecule has 0 aliphatic heterocycles. The number of hydrogen-bond acceptors (Lipinski definition) is 6. The predicted molar refractivity (Wildman–Crippen MR) is 67.2 cm³/mol. The van der Waals surface area contributed by atoms with Crippen LogP contribution in [0.2, 0.25) is 0 Å². The maximum Gasteiger partial charge on any atom is 0.213 e. The highest BCUT2D eigenvalue weighted by molar-refractivity contribution is 9.10. The number of rotatable bonds is 5. The SMILES string of the molecule is COc1cc(CN)cc(Br)c1OCc1ncon1. The molecule has 7 heteroatoms. The van der Waals surface area contributed by atoms with Gasteiger partial charge in [0.2, 0.25) is 12.2 Å². The van der Waals surface area contributed by atoms with Crippen molar-refractivity contribution in [3.05, 3.63) is 34.4 Å². The molecule has 0 spiro atoms. The van der Waals surface area contributed by atoms with E-state index in [1.165, 1.54) is 6.39 Å². The molecule has 0 unspecified atom stereocenters. The van der Waals surface area contributed by atoms with Crippen LogP contribution in [-0.2, 0) is 13.2 Å². The smallest absolute Gasteiger partial charge is 0.213 e. The van der Waals surface area contributed by atoms with Crippen molar-refractivity contribution >= 4 is 15.9 Å². The van der Waals surface area contributed by atoms with E-state index in [0.717, 1.165) is 10.0 Å². The highest BCUT2D eigenvalue weighted by Crippen LogP contribution is 2.36. The van der Waals surface area contributed by atoms with Crippen LogP contribution in [0, 0.1) is 0 Å². The third kappa shape index (κ3) is 2.80. The summed E-state index contributed by atoms with van der Waals surface area (Å²) in [5.74, 6) is 1.65. The zero-order chi connectivity index (χ0) is 13.0. The Bertz CT molecular complexity index is 517. The van der Waals surface area contributed by atoms with E-state index >= 15 is 0 Å². The third-order valence-electron chi connectivity index (χ3n) is 2.28. The van der Waals surface area contributed by atoms with Gasteiger partial charge in [-0.05, 0) is 33.6 Å². The second kappa shape index (κ2) is 5.83. The minimum absolute atomic E-state index is 0.202. The number of hydrogen-bond donors (Lipinski definition) is 1.